The van der Waals surface area contributed by atoms with E-state index in [2.05, 4.69) is 31.9 Å². The molecule has 3 N–H and O–H groups in total. The first-order valence-electron chi connectivity index (χ1n) is 9.72. The van der Waals surface area contributed by atoms with Crippen LogP contribution in [0.15, 0.2) is 46.9 Å². The van der Waals surface area contributed by atoms with Crippen LogP contribution >= 0.6 is 15.9 Å². The molecule has 3 amide bonds. The molecule has 8 nitrogen and oxygen atoms in total. The lowest BCUT2D eigenvalue weighted by Crippen LogP contribution is -2.34. The lowest BCUT2D eigenvalue weighted by molar-refractivity contribution is -0.123. The third-order valence-corrected chi connectivity index (χ3v) is 4.53. The largest absolute Gasteiger partial charge is 0.493 e. The average molecular weight is 492 g/mol. The van der Waals surface area contributed by atoms with Crippen molar-refractivity contribution in [2.24, 2.45) is 0 Å². The molecule has 0 saturated heterocycles. The summed E-state index contributed by atoms with van der Waals surface area (Å²) in [6, 6.07) is 11.9. The third kappa shape index (κ3) is 8.29. The summed E-state index contributed by atoms with van der Waals surface area (Å²) in [6.45, 7) is 3.73. The number of benzene rings is 2. The van der Waals surface area contributed by atoms with Gasteiger partial charge < -0.3 is 25.4 Å². The van der Waals surface area contributed by atoms with Gasteiger partial charge in [-0.3, -0.25) is 14.4 Å². The highest BCUT2D eigenvalue weighted by molar-refractivity contribution is 9.10. The molecule has 0 bridgehead atoms. The fourth-order valence-electron chi connectivity index (χ4n) is 2.58. The number of carbonyl (C=O) groups excluding carboxylic acids is 3. The summed E-state index contributed by atoms with van der Waals surface area (Å²) in [5, 5.41) is 8.19. The molecule has 0 aliphatic heterocycles. The maximum absolute atomic E-state index is 12.4. The van der Waals surface area contributed by atoms with E-state index in [1.807, 2.05) is 26.0 Å². The third-order valence-electron chi connectivity index (χ3n) is 4.00. The van der Waals surface area contributed by atoms with E-state index in [9.17, 15) is 14.4 Å². The smallest absolute Gasteiger partial charge is 0.258 e. The number of rotatable bonds is 10. The quantitative estimate of drug-likeness (QED) is 0.473. The number of ether oxygens (including phenoxy) is 2. The van der Waals surface area contributed by atoms with Gasteiger partial charge in [-0.25, -0.2) is 0 Å². The van der Waals surface area contributed by atoms with Crippen molar-refractivity contribution in [1.82, 2.24) is 10.6 Å². The second kappa shape index (κ2) is 11.9. The summed E-state index contributed by atoms with van der Waals surface area (Å²) in [7, 11) is 1.45. The fraction of sp³-hybridized carbons (Fsp3) is 0.318. The second-order valence-electron chi connectivity index (χ2n) is 6.94. The van der Waals surface area contributed by atoms with Gasteiger partial charge in [0.15, 0.2) is 18.1 Å². The molecule has 0 unspecified atom stereocenters. The van der Waals surface area contributed by atoms with Gasteiger partial charge >= 0.3 is 0 Å². The zero-order chi connectivity index (χ0) is 22.8. The Bertz CT molecular complexity index is 916. The van der Waals surface area contributed by atoms with Crippen LogP contribution in [0.5, 0.6) is 11.5 Å². The Kier molecular flexibility index (Phi) is 9.33. The molecule has 0 aliphatic rings. The summed E-state index contributed by atoms with van der Waals surface area (Å²) in [6.07, 6.45) is 0.130. The van der Waals surface area contributed by atoms with Gasteiger partial charge in [0.2, 0.25) is 5.91 Å². The number of amides is 3. The van der Waals surface area contributed by atoms with Gasteiger partial charge in [-0.2, -0.15) is 0 Å². The van der Waals surface area contributed by atoms with Gasteiger partial charge in [-0.1, -0.05) is 15.9 Å². The number of hydrogen-bond acceptors (Lipinski definition) is 5. The zero-order valence-electron chi connectivity index (χ0n) is 17.7. The summed E-state index contributed by atoms with van der Waals surface area (Å²) in [5.41, 5.74) is 1.03. The highest BCUT2D eigenvalue weighted by Crippen LogP contribution is 2.28. The average Bonchev–Trinajstić information content (AvgIpc) is 2.73. The van der Waals surface area contributed by atoms with Crippen LogP contribution in [-0.4, -0.2) is 44.0 Å². The first kappa shape index (κ1) is 24.2. The molecule has 2 rings (SSSR count). The predicted octanol–water partition coefficient (Wildman–Crippen LogP) is 3.12. The predicted molar refractivity (Wildman–Crippen MR) is 121 cm³/mol. The van der Waals surface area contributed by atoms with Crippen molar-refractivity contribution in [1.29, 1.82) is 0 Å². The Labute approximate surface area is 189 Å². The van der Waals surface area contributed by atoms with Crippen LogP contribution in [0, 0.1) is 0 Å². The van der Waals surface area contributed by atoms with Gasteiger partial charge in [-0.15, -0.1) is 0 Å². The molecule has 0 aliphatic carbocycles. The van der Waals surface area contributed by atoms with E-state index in [-0.39, 0.29) is 43.3 Å². The Hall–Kier alpha value is -3.07. The van der Waals surface area contributed by atoms with Gasteiger partial charge in [-0.05, 0) is 56.3 Å². The van der Waals surface area contributed by atoms with Crippen molar-refractivity contribution < 1.29 is 23.9 Å². The van der Waals surface area contributed by atoms with E-state index in [0.717, 1.165) is 4.47 Å². The minimum Gasteiger partial charge on any atom is -0.493 e. The Morgan fingerprint density at radius 3 is 2.35 bits per heavy atom. The first-order chi connectivity index (χ1) is 14.8. The number of methoxy groups -OCH3 is 1. The van der Waals surface area contributed by atoms with Crippen LogP contribution < -0.4 is 25.4 Å². The molecule has 0 aromatic heterocycles. The van der Waals surface area contributed by atoms with Gasteiger partial charge in [0.05, 0.1) is 7.11 Å². The number of anilines is 1. The van der Waals surface area contributed by atoms with E-state index in [0.29, 0.717) is 22.7 Å². The van der Waals surface area contributed by atoms with Crippen molar-refractivity contribution in [3.8, 4) is 11.5 Å². The van der Waals surface area contributed by atoms with Gasteiger partial charge in [0.1, 0.15) is 0 Å². The number of carbonyl (C=O) groups is 3. The molecule has 0 spiro atoms. The van der Waals surface area contributed by atoms with Crippen molar-refractivity contribution >= 4 is 39.3 Å². The van der Waals surface area contributed by atoms with Gasteiger partial charge in [0.25, 0.3) is 11.8 Å². The van der Waals surface area contributed by atoms with Crippen LogP contribution in [0.2, 0.25) is 0 Å². The summed E-state index contributed by atoms with van der Waals surface area (Å²) < 4.78 is 11.7. The molecule has 2 aromatic carbocycles. The maximum atomic E-state index is 12.4. The van der Waals surface area contributed by atoms with E-state index in [4.69, 9.17) is 9.47 Å². The van der Waals surface area contributed by atoms with Crippen molar-refractivity contribution in [2.75, 3.05) is 25.6 Å². The zero-order valence-corrected chi connectivity index (χ0v) is 19.2. The SMILES string of the molecule is COc1cc(C(=O)NCCC(=O)Nc2ccc(Br)cc2)ccc1OCC(=O)NC(C)C. The van der Waals surface area contributed by atoms with E-state index < -0.39 is 0 Å². The van der Waals surface area contributed by atoms with Crippen LogP contribution in [0.1, 0.15) is 30.6 Å². The topological polar surface area (TPSA) is 106 Å². The molecule has 0 radical (unpaired) electrons. The molecule has 9 heteroatoms. The Morgan fingerprint density at radius 2 is 1.71 bits per heavy atom. The van der Waals surface area contributed by atoms with E-state index in [1.165, 1.54) is 13.2 Å². The van der Waals surface area contributed by atoms with Crippen LogP contribution in [0.25, 0.3) is 0 Å². The maximum Gasteiger partial charge on any atom is 0.258 e. The molecule has 0 saturated carbocycles. The van der Waals surface area contributed by atoms with Crippen molar-refractivity contribution in [3.63, 3.8) is 0 Å². The molecule has 0 heterocycles. The van der Waals surface area contributed by atoms with Crippen LogP contribution in [-0.2, 0) is 9.59 Å². The second-order valence-corrected chi connectivity index (χ2v) is 7.85. The summed E-state index contributed by atoms with van der Waals surface area (Å²) in [5.74, 6) is -0.118. The fourth-order valence-corrected chi connectivity index (χ4v) is 2.85. The molecule has 31 heavy (non-hydrogen) atoms. The first-order valence-corrected chi connectivity index (χ1v) is 10.5. The lowest BCUT2D eigenvalue weighted by atomic mass is 10.2. The number of nitrogens with one attached hydrogen (secondary N) is 3. The highest BCUT2D eigenvalue weighted by Gasteiger charge is 2.13. The Balaban J connectivity index is 1.84. The molecule has 2 aromatic rings. The van der Waals surface area contributed by atoms with Crippen molar-refractivity contribution in [3.05, 3.63) is 52.5 Å². The number of hydrogen-bond donors (Lipinski definition) is 3. The Morgan fingerprint density at radius 1 is 1.00 bits per heavy atom. The van der Waals surface area contributed by atoms with Crippen LogP contribution in [0.4, 0.5) is 5.69 Å². The summed E-state index contributed by atoms with van der Waals surface area (Å²) in [4.78, 5) is 36.1. The van der Waals surface area contributed by atoms with Gasteiger partial charge in [0, 0.05) is 34.7 Å². The molecular formula is C22H26BrN3O5. The van der Waals surface area contributed by atoms with E-state index in [1.54, 1.807) is 24.3 Å². The standard InChI is InChI=1S/C22H26BrN3O5/c1-14(2)25-21(28)13-31-18-9-4-15(12-19(18)30-3)22(29)24-11-10-20(27)26-17-7-5-16(23)6-8-17/h4-9,12,14H,10-11,13H2,1-3H3,(H,24,29)(H,25,28)(H,26,27). The minimum atomic E-state index is -0.348. The van der Waals surface area contributed by atoms with E-state index >= 15 is 0 Å². The molecule has 0 fully saturated rings. The minimum absolute atomic E-state index is 0.0148. The molecule has 0 atom stereocenters. The molecule has 166 valence electrons. The summed E-state index contributed by atoms with van der Waals surface area (Å²) >= 11 is 3.33. The molecular weight excluding hydrogens is 466 g/mol. The normalized spacial score (nSPS) is 10.4. The monoisotopic (exact) mass is 491 g/mol. The van der Waals surface area contributed by atoms with Crippen LogP contribution in [0.3, 0.4) is 0 Å². The number of halogens is 1. The van der Waals surface area contributed by atoms with Crippen molar-refractivity contribution in [2.45, 2.75) is 26.3 Å². The lowest BCUT2D eigenvalue weighted by Gasteiger charge is -2.13. The highest BCUT2D eigenvalue weighted by atomic mass is 79.9.